The Hall–Kier alpha value is -1.88. The van der Waals surface area contributed by atoms with Gasteiger partial charge in [0, 0.05) is 37.8 Å². The van der Waals surface area contributed by atoms with Crippen molar-refractivity contribution >= 4 is 11.8 Å². The van der Waals surface area contributed by atoms with Crippen LogP contribution in [-0.2, 0) is 4.79 Å². The van der Waals surface area contributed by atoms with Crippen molar-refractivity contribution in [3.63, 3.8) is 0 Å². The average molecular weight is 317 g/mol. The van der Waals surface area contributed by atoms with Crippen molar-refractivity contribution < 1.29 is 9.59 Å². The standard InChI is InChI=1S/C18H27N3O2/c1-13(2)19-17(22)12-20-5-7-21(8-6-20)18(23)16-10-14(3)9-15(4)11-16/h9-11,13H,5-8,12H2,1-4H3,(H,19,22). The second-order valence-corrected chi connectivity index (χ2v) is 6.67. The summed E-state index contributed by atoms with van der Waals surface area (Å²) in [4.78, 5) is 28.4. The second-order valence-electron chi connectivity index (χ2n) is 6.67. The topological polar surface area (TPSA) is 52.7 Å². The van der Waals surface area contributed by atoms with Crippen LogP contribution >= 0.6 is 0 Å². The van der Waals surface area contributed by atoms with Crippen LogP contribution in [0.25, 0.3) is 0 Å². The van der Waals surface area contributed by atoms with Crippen LogP contribution in [0.4, 0.5) is 0 Å². The first-order chi connectivity index (χ1) is 10.8. The number of hydrogen-bond acceptors (Lipinski definition) is 3. The second kappa shape index (κ2) is 7.59. The molecule has 2 rings (SSSR count). The Kier molecular flexibility index (Phi) is 5.77. The van der Waals surface area contributed by atoms with Gasteiger partial charge in [-0.3, -0.25) is 14.5 Å². The molecule has 1 fully saturated rings. The largest absolute Gasteiger partial charge is 0.353 e. The number of benzene rings is 1. The van der Waals surface area contributed by atoms with Crippen molar-refractivity contribution in [1.29, 1.82) is 0 Å². The lowest BCUT2D eigenvalue weighted by atomic mass is 10.1. The van der Waals surface area contributed by atoms with E-state index in [9.17, 15) is 9.59 Å². The summed E-state index contributed by atoms with van der Waals surface area (Å²) in [6.07, 6.45) is 0. The molecular weight excluding hydrogens is 290 g/mol. The van der Waals surface area contributed by atoms with E-state index in [1.54, 1.807) is 0 Å². The number of nitrogens with one attached hydrogen (secondary N) is 1. The molecule has 1 aromatic carbocycles. The third kappa shape index (κ3) is 5.06. The highest BCUT2D eigenvalue weighted by Crippen LogP contribution is 2.13. The highest BCUT2D eigenvalue weighted by atomic mass is 16.2. The molecule has 1 aliphatic heterocycles. The van der Waals surface area contributed by atoms with Gasteiger partial charge in [0.15, 0.2) is 0 Å². The lowest BCUT2D eigenvalue weighted by Crippen LogP contribution is -2.51. The van der Waals surface area contributed by atoms with E-state index in [4.69, 9.17) is 0 Å². The molecule has 5 nitrogen and oxygen atoms in total. The predicted octanol–water partition coefficient (Wildman–Crippen LogP) is 1.59. The molecule has 1 heterocycles. The van der Waals surface area contributed by atoms with E-state index in [0.29, 0.717) is 19.6 Å². The Morgan fingerprint density at radius 3 is 2.13 bits per heavy atom. The fraction of sp³-hybridized carbons (Fsp3) is 0.556. The van der Waals surface area contributed by atoms with Gasteiger partial charge >= 0.3 is 0 Å². The molecule has 126 valence electrons. The van der Waals surface area contributed by atoms with Crippen LogP contribution in [0.5, 0.6) is 0 Å². The SMILES string of the molecule is Cc1cc(C)cc(C(=O)N2CCN(CC(=O)NC(C)C)CC2)c1. The third-order valence-corrected chi connectivity index (χ3v) is 3.95. The van der Waals surface area contributed by atoms with E-state index >= 15 is 0 Å². The number of carbonyl (C=O) groups is 2. The van der Waals surface area contributed by atoms with Crippen LogP contribution in [0.15, 0.2) is 18.2 Å². The number of amides is 2. The van der Waals surface area contributed by atoms with Crippen LogP contribution in [0.1, 0.15) is 35.3 Å². The van der Waals surface area contributed by atoms with Crippen molar-refractivity contribution in [2.45, 2.75) is 33.7 Å². The maximum Gasteiger partial charge on any atom is 0.253 e. The molecule has 23 heavy (non-hydrogen) atoms. The fourth-order valence-corrected chi connectivity index (χ4v) is 2.96. The van der Waals surface area contributed by atoms with Gasteiger partial charge in [0.25, 0.3) is 5.91 Å². The molecule has 1 aliphatic rings. The first-order valence-electron chi connectivity index (χ1n) is 8.24. The minimum absolute atomic E-state index is 0.0501. The molecule has 1 N–H and O–H groups in total. The number of nitrogens with zero attached hydrogens (tertiary/aromatic N) is 2. The van der Waals surface area contributed by atoms with Gasteiger partial charge < -0.3 is 10.2 Å². The number of carbonyl (C=O) groups excluding carboxylic acids is 2. The van der Waals surface area contributed by atoms with Gasteiger partial charge in [0.2, 0.25) is 5.91 Å². The Morgan fingerprint density at radius 2 is 1.61 bits per heavy atom. The summed E-state index contributed by atoms with van der Waals surface area (Å²) < 4.78 is 0. The van der Waals surface area contributed by atoms with E-state index in [1.807, 2.05) is 44.7 Å². The minimum Gasteiger partial charge on any atom is -0.353 e. The van der Waals surface area contributed by atoms with Gasteiger partial charge in [0.05, 0.1) is 6.54 Å². The molecule has 0 radical (unpaired) electrons. The van der Waals surface area contributed by atoms with Gasteiger partial charge in [-0.2, -0.15) is 0 Å². The molecule has 5 heteroatoms. The van der Waals surface area contributed by atoms with Crippen LogP contribution in [-0.4, -0.2) is 60.4 Å². The zero-order chi connectivity index (χ0) is 17.0. The lowest BCUT2D eigenvalue weighted by molar-refractivity contribution is -0.123. The molecule has 0 unspecified atom stereocenters. The van der Waals surface area contributed by atoms with E-state index in [1.165, 1.54) is 0 Å². The molecule has 1 aromatic rings. The van der Waals surface area contributed by atoms with E-state index in [2.05, 4.69) is 16.3 Å². The normalized spacial score (nSPS) is 15.8. The molecule has 2 amide bonds. The molecule has 1 saturated heterocycles. The monoisotopic (exact) mass is 317 g/mol. The number of hydrogen-bond donors (Lipinski definition) is 1. The average Bonchev–Trinajstić information content (AvgIpc) is 2.45. The third-order valence-electron chi connectivity index (χ3n) is 3.95. The Bertz CT molecular complexity index is 555. The van der Waals surface area contributed by atoms with Gasteiger partial charge in [-0.25, -0.2) is 0 Å². The molecule has 0 bridgehead atoms. The van der Waals surface area contributed by atoms with Gasteiger partial charge in [0.1, 0.15) is 0 Å². The van der Waals surface area contributed by atoms with Crippen LogP contribution in [0.2, 0.25) is 0 Å². The molecule has 0 spiro atoms. The molecule has 0 saturated carbocycles. The summed E-state index contributed by atoms with van der Waals surface area (Å²) in [6.45, 7) is 11.1. The first kappa shape index (κ1) is 17.5. The summed E-state index contributed by atoms with van der Waals surface area (Å²) in [6, 6.07) is 6.12. The first-order valence-corrected chi connectivity index (χ1v) is 8.24. The zero-order valence-corrected chi connectivity index (χ0v) is 14.6. The zero-order valence-electron chi connectivity index (χ0n) is 14.6. The minimum atomic E-state index is 0.0501. The van der Waals surface area contributed by atoms with E-state index in [0.717, 1.165) is 29.8 Å². The lowest BCUT2D eigenvalue weighted by Gasteiger charge is -2.34. The van der Waals surface area contributed by atoms with Crippen molar-refractivity contribution in [3.05, 3.63) is 34.9 Å². The summed E-state index contributed by atoms with van der Waals surface area (Å²) >= 11 is 0. The Balaban J connectivity index is 1.88. The van der Waals surface area contributed by atoms with Gasteiger partial charge in [-0.05, 0) is 39.8 Å². The summed E-state index contributed by atoms with van der Waals surface area (Å²) in [5.41, 5.74) is 2.98. The molecule has 0 aromatic heterocycles. The highest BCUT2D eigenvalue weighted by Gasteiger charge is 2.23. The smallest absolute Gasteiger partial charge is 0.253 e. The highest BCUT2D eigenvalue weighted by molar-refractivity contribution is 5.94. The van der Waals surface area contributed by atoms with Crippen LogP contribution in [0, 0.1) is 13.8 Å². The Morgan fingerprint density at radius 1 is 1.04 bits per heavy atom. The molecule has 0 aliphatic carbocycles. The summed E-state index contributed by atoms with van der Waals surface area (Å²) in [7, 11) is 0. The quantitative estimate of drug-likeness (QED) is 0.917. The fourth-order valence-electron chi connectivity index (χ4n) is 2.96. The van der Waals surface area contributed by atoms with E-state index < -0.39 is 0 Å². The van der Waals surface area contributed by atoms with Crippen molar-refractivity contribution in [2.24, 2.45) is 0 Å². The van der Waals surface area contributed by atoms with Gasteiger partial charge in [-0.1, -0.05) is 17.2 Å². The summed E-state index contributed by atoms with van der Waals surface area (Å²) in [5.74, 6) is 0.136. The van der Waals surface area contributed by atoms with Crippen LogP contribution < -0.4 is 5.32 Å². The number of piperazine rings is 1. The van der Waals surface area contributed by atoms with Gasteiger partial charge in [-0.15, -0.1) is 0 Å². The predicted molar refractivity (Wildman–Crippen MR) is 91.5 cm³/mol. The maximum absolute atomic E-state index is 12.6. The molecular formula is C18H27N3O2. The maximum atomic E-state index is 12.6. The summed E-state index contributed by atoms with van der Waals surface area (Å²) in [5, 5.41) is 2.90. The number of aryl methyl sites for hydroxylation is 2. The van der Waals surface area contributed by atoms with Crippen molar-refractivity contribution in [2.75, 3.05) is 32.7 Å². The number of rotatable bonds is 4. The van der Waals surface area contributed by atoms with Crippen molar-refractivity contribution in [1.82, 2.24) is 15.1 Å². The molecule has 0 atom stereocenters. The van der Waals surface area contributed by atoms with Crippen molar-refractivity contribution in [3.8, 4) is 0 Å². The van der Waals surface area contributed by atoms with Crippen LogP contribution in [0.3, 0.4) is 0 Å². The van der Waals surface area contributed by atoms with E-state index in [-0.39, 0.29) is 17.9 Å². The Labute approximate surface area is 138 Å².